The molecule has 0 radical (unpaired) electrons. The van der Waals surface area contributed by atoms with Crippen LogP contribution < -0.4 is 4.74 Å². The Hall–Kier alpha value is -3.00. The highest BCUT2D eigenvalue weighted by molar-refractivity contribution is 6.15. The number of hydrogen-bond acceptors (Lipinski definition) is 3. The first-order valence-electron chi connectivity index (χ1n) is 8.51. The number of hydrogen-bond donors (Lipinski definition) is 0. The molecule has 0 saturated heterocycles. The summed E-state index contributed by atoms with van der Waals surface area (Å²) in [6.45, 7) is 1.63. The molecule has 0 aliphatic heterocycles. The van der Waals surface area contributed by atoms with E-state index in [-0.39, 0.29) is 35.7 Å². The third-order valence-electron chi connectivity index (χ3n) is 4.93. The molecule has 1 aliphatic carbocycles. The number of Topliss-reactive ketones (excluding diaryl/α,β-unsaturated/α-hetero) is 2. The number of methoxy groups -OCH3 is 1. The molecule has 0 heterocycles. The van der Waals surface area contributed by atoms with Crippen LogP contribution in [0.25, 0.3) is 11.1 Å². The number of carbonyl (C=O) groups excluding carboxylic acids is 2. The lowest BCUT2D eigenvalue weighted by atomic mass is 9.90. The molecule has 138 valence electrons. The summed E-state index contributed by atoms with van der Waals surface area (Å²) in [5.74, 6) is -1.25. The lowest BCUT2D eigenvalue weighted by molar-refractivity contribution is -0.124. The van der Waals surface area contributed by atoms with Gasteiger partial charge in [0.05, 0.1) is 7.11 Å². The van der Waals surface area contributed by atoms with Crippen molar-refractivity contribution in [3.8, 4) is 29.2 Å². The second kappa shape index (κ2) is 7.32. The fraction of sp³-hybridized carbons (Fsp3) is 0.273. The number of terminal acetylenes is 1. The first kappa shape index (κ1) is 18.8. The van der Waals surface area contributed by atoms with Gasteiger partial charge < -0.3 is 4.74 Å². The summed E-state index contributed by atoms with van der Waals surface area (Å²) in [5.41, 5.74) is 1.26. The summed E-state index contributed by atoms with van der Waals surface area (Å²) < 4.78 is 34.1. The van der Waals surface area contributed by atoms with E-state index < -0.39 is 23.5 Å². The molecule has 0 amide bonds. The fourth-order valence-corrected chi connectivity index (χ4v) is 3.45. The van der Waals surface area contributed by atoms with Crippen molar-refractivity contribution in [3.63, 3.8) is 0 Å². The topological polar surface area (TPSA) is 43.4 Å². The highest BCUT2D eigenvalue weighted by atomic mass is 19.1. The highest BCUT2D eigenvalue weighted by Gasteiger charge is 2.44. The Balaban J connectivity index is 2.08. The third kappa shape index (κ3) is 3.35. The first-order chi connectivity index (χ1) is 12.9. The van der Waals surface area contributed by atoms with Crippen molar-refractivity contribution >= 4 is 11.6 Å². The molecule has 0 aromatic heterocycles. The lowest BCUT2D eigenvalue weighted by Crippen LogP contribution is -2.17. The number of halogens is 2. The predicted octanol–water partition coefficient (Wildman–Crippen LogP) is 4.21. The molecule has 2 unspecified atom stereocenters. The normalized spacial score (nSPS) is 19.2. The Morgan fingerprint density at radius 1 is 1.15 bits per heavy atom. The van der Waals surface area contributed by atoms with Crippen molar-refractivity contribution < 1.29 is 23.1 Å². The van der Waals surface area contributed by atoms with E-state index in [4.69, 9.17) is 11.2 Å². The molecule has 1 fully saturated rings. The van der Waals surface area contributed by atoms with E-state index in [9.17, 15) is 18.4 Å². The van der Waals surface area contributed by atoms with Gasteiger partial charge in [-0.1, -0.05) is 12.1 Å². The van der Waals surface area contributed by atoms with Gasteiger partial charge in [0.15, 0.2) is 5.78 Å². The predicted molar refractivity (Wildman–Crippen MR) is 97.4 cm³/mol. The summed E-state index contributed by atoms with van der Waals surface area (Å²) in [6.07, 6.45) is 5.40. The van der Waals surface area contributed by atoms with Crippen LogP contribution in [0.15, 0.2) is 30.3 Å². The van der Waals surface area contributed by atoms with Gasteiger partial charge in [0.2, 0.25) is 0 Å². The molecular formula is C22H18F2O3. The molecule has 2 aromatic carbocycles. The number of ether oxygens (including phenoxy) is 1. The largest absolute Gasteiger partial charge is 0.496 e. The fourth-order valence-electron chi connectivity index (χ4n) is 3.45. The van der Waals surface area contributed by atoms with Gasteiger partial charge in [0, 0.05) is 24.3 Å². The summed E-state index contributed by atoms with van der Waals surface area (Å²) in [7, 11) is 1.33. The standard InChI is InChI=1S/C22H18F2O3/c1-4-5-14-10-18(25)21(22(14)26)20-17(24)9-15(11-19(20)27-3)13-7-6-12(2)16(23)8-13/h1,6-9,11,14,21H,5,10H2,2-3H3. The quantitative estimate of drug-likeness (QED) is 0.600. The van der Waals surface area contributed by atoms with Crippen molar-refractivity contribution in [2.45, 2.75) is 25.7 Å². The maximum atomic E-state index is 15.0. The van der Waals surface area contributed by atoms with Gasteiger partial charge in [0.1, 0.15) is 29.1 Å². The molecule has 2 aromatic rings. The number of benzene rings is 2. The van der Waals surface area contributed by atoms with Gasteiger partial charge >= 0.3 is 0 Å². The Morgan fingerprint density at radius 3 is 2.48 bits per heavy atom. The van der Waals surface area contributed by atoms with Gasteiger partial charge in [-0.15, -0.1) is 12.3 Å². The Kier molecular flexibility index (Phi) is 5.09. The summed E-state index contributed by atoms with van der Waals surface area (Å²) in [6, 6.07) is 7.27. The zero-order valence-electron chi connectivity index (χ0n) is 15.0. The van der Waals surface area contributed by atoms with Crippen molar-refractivity contribution in [2.75, 3.05) is 7.11 Å². The number of carbonyl (C=O) groups is 2. The van der Waals surface area contributed by atoms with Crippen molar-refractivity contribution in [1.29, 1.82) is 0 Å². The van der Waals surface area contributed by atoms with Crippen LogP contribution in [0.5, 0.6) is 5.75 Å². The summed E-state index contributed by atoms with van der Waals surface area (Å²) in [5, 5.41) is 0. The van der Waals surface area contributed by atoms with Gasteiger partial charge in [0.25, 0.3) is 0 Å². The molecule has 5 heteroatoms. The van der Waals surface area contributed by atoms with E-state index in [1.807, 2.05) is 0 Å². The average Bonchev–Trinajstić information content (AvgIpc) is 2.91. The van der Waals surface area contributed by atoms with Crippen molar-refractivity contribution in [3.05, 3.63) is 53.1 Å². The van der Waals surface area contributed by atoms with E-state index in [0.717, 1.165) is 0 Å². The minimum atomic E-state index is -1.22. The second-order valence-electron chi connectivity index (χ2n) is 6.65. The zero-order chi connectivity index (χ0) is 19.7. The van der Waals surface area contributed by atoms with E-state index in [2.05, 4.69) is 5.92 Å². The summed E-state index contributed by atoms with van der Waals surface area (Å²) in [4.78, 5) is 24.9. The maximum absolute atomic E-state index is 15.0. The molecule has 0 N–H and O–H groups in total. The Morgan fingerprint density at radius 2 is 1.85 bits per heavy atom. The molecule has 3 nitrogen and oxygen atoms in total. The molecule has 27 heavy (non-hydrogen) atoms. The van der Waals surface area contributed by atoms with E-state index in [0.29, 0.717) is 16.7 Å². The van der Waals surface area contributed by atoms with Gasteiger partial charge in [-0.05, 0) is 41.8 Å². The third-order valence-corrected chi connectivity index (χ3v) is 4.93. The number of ketones is 2. The van der Waals surface area contributed by atoms with Crippen LogP contribution >= 0.6 is 0 Å². The van der Waals surface area contributed by atoms with E-state index in [1.54, 1.807) is 19.1 Å². The van der Waals surface area contributed by atoms with Crippen LogP contribution in [-0.4, -0.2) is 18.7 Å². The van der Waals surface area contributed by atoms with E-state index in [1.165, 1.54) is 25.3 Å². The first-order valence-corrected chi connectivity index (χ1v) is 8.51. The minimum absolute atomic E-state index is 0.00121. The van der Waals surface area contributed by atoms with Crippen LogP contribution in [0, 0.1) is 36.8 Å². The average molecular weight is 368 g/mol. The molecule has 0 spiro atoms. The van der Waals surface area contributed by atoms with Gasteiger partial charge in [-0.2, -0.15) is 0 Å². The molecule has 1 aliphatic rings. The molecular weight excluding hydrogens is 350 g/mol. The molecule has 3 rings (SSSR count). The SMILES string of the molecule is C#CCC1CC(=O)C(c2c(F)cc(-c3ccc(C)c(F)c3)cc2OC)C1=O. The summed E-state index contributed by atoms with van der Waals surface area (Å²) >= 11 is 0. The molecule has 2 atom stereocenters. The van der Waals surface area contributed by atoms with Crippen LogP contribution in [-0.2, 0) is 9.59 Å². The van der Waals surface area contributed by atoms with Gasteiger partial charge in [-0.25, -0.2) is 8.78 Å². The Labute approximate surface area is 156 Å². The number of rotatable bonds is 4. The highest BCUT2D eigenvalue weighted by Crippen LogP contribution is 2.41. The van der Waals surface area contributed by atoms with Crippen molar-refractivity contribution in [2.24, 2.45) is 5.92 Å². The van der Waals surface area contributed by atoms with Crippen LogP contribution in [0.4, 0.5) is 8.78 Å². The maximum Gasteiger partial charge on any atom is 0.152 e. The smallest absolute Gasteiger partial charge is 0.152 e. The van der Waals surface area contributed by atoms with E-state index >= 15 is 0 Å². The van der Waals surface area contributed by atoms with Crippen LogP contribution in [0.2, 0.25) is 0 Å². The molecule has 0 bridgehead atoms. The second-order valence-corrected chi connectivity index (χ2v) is 6.65. The zero-order valence-corrected chi connectivity index (χ0v) is 15.0. The lowest BCUT2D eigenvalue weighted by Gasteiger charge is -2.16. The van der Waals surface area contributed by atoms with Crippen molar-refractivity contribution in [1.82, 2.24) is 0 Å². The monoisotopic (exact) mass is 368 g/mol. The Bertz CT molecular complexity index is 972. The number of aryl methyl sites for hydroxylation is 1. The van der Waals surface area contributed by atoms with Crippen LogP contribution in [0.1, 0.15) is 29.9 Å². The molecule has 1 saturated carbocycles. The van der Waals surface area contributed by atoms with Crippen LogP contribution in [0.3, 0.4) is 0 Å². The van der Waals surface area contributed by atoms with Gasteiger partial charge in [-0.3, -0.25) is 9.59 Å². The minimum Gasteiger partial charge on any atom is -0.496 e.